The van der Waals surface area contributed by atoms with Gasteiger partial charge in [-0.3, -0.25) is 9.59 Å². The van der Waals surface area contributed by atoms with Gasteiger partial charge in [-0.05, 0) is 24.3 Å². The number of carbonyl (C=O) groups excluding carboxylic acids is 2. The zero-order valence-electron chi connectivity index (χ0n) is 13.8. The van der Waals surface area contributed by atoms with Gasteiger partial charge in [-0.25, -0.2) is 9.11 Å². The minimum absolute atomic E-state index is 0.134. The Balaban J connectivity index is 2.11. The molecule has 0 radical (unpaired) electrons. The van der Waals surface area contributed by atoms with Gasteiger partial charge >= 0.3 is 17.4 Å². The van der Waals surface area contributed by atoms with E-state index in [4.69, 9.17) is 0 Å². The molecule has 4 nitrogen and oxygen atoms in total. The lowest BCUT2D eigenvalue weighted by Gasteiger charge is -2.28. The molecule has 0 bridgehead atoms. The first-order valence-corrected chi connectivity index (χ1v) is 8.78. The lowest BCUT2D eigenvalue weighted by Crippen LogP contribution is -2.54. The van der Waals surface area contributed by atoms with Gasteiger partial charge in [0.1, 0.15) is 10.8 Å². The van der Waals surface area contributed by atoms with Crippen LogP contribution in [0.5, 0.6) is 0 Å². The first kappa shape index (κ1) is 21.0. The highest BCUT2D eigenvalue weighted by Crippen LogP contribution is 2.50. The van der Waals surface area contributed by atoms with Gasteiger partial charge in [-0.15, -0.1) is 0 Å². The fourth-order valence-electron chi connectivity index (χ4n) is 2.63. The largest absolute Gasteiger partial charge is 0.461 e. The number of halogens is 7. The van der Waals surface area contributed by atoms with E-state index in [2.05, 4.69) is 0 Å². The number of alkyl halides is 7. The molecular formula is C17H8F7NO3S. The summed E-state index contributed by atoms with van der Waals surface area (Å²) in [5.41, 5.74) is -1.05. The number of anilines is 1. The van der Waals surface area contributed by atoms with Gasteiger partial charge in [0.2, 0.25) is 0 Å². The third-order valence-electron chi connectivity index (χ3n) is 4.05. The van der Waals surface area contributed by atoms with Crippen LogP contribution < -0.4 is 4.90 Å². The van der Waals surface area contributed by atoms with E-state index in [1.54, 1.807) is 0 Å². The van der Waals surface area contributed by atoms with Crippen molar-refractivity contribution in [2.45, 2.75) is 22.2 Å². The molecule has 2 amide bonds. The highest BCUT2D eigenvalue weighted by molar-refractivity contribution is 7.86. The maximum absolute atomic E-state index is 13.9. The summed E-state index contributed by atoms with van der Waals surface area (Å²) >= 11 is 0. The van der Waals surface area contributed by atoms with Crippen LogP contribution in [0.1, 0.15) is 20.7 Å². The zero-order valence-corrected chi connectivity index (χ0v) is 14.7. The second-order valence-corrected chi connectivity index (χ2v) is 7.31. The Hall–Kier alpha value is -2.76. The molecule has 12 heteroatoms. The van der Waals surface area contributed by atoms with E-state index in [1.807, 2.05) is 0 Å². The fraction of sp³-hybridized carbons (Fsp3) is 0.176. The van der Waals surface area contributed by atoms with E-state index in [9.17, 15) is 44.5 Å². The average Bonchev–Trinajstić information content (AvgIpc) is 2.91. The number of imide groups is 1. The molecule has 0 fully saturated rings. The average molecular weight is 439 g/mol. The molecule has 154 valence electrons. The summed E-state index contributed by atoms with van der Waals surface area (Å²) in [5.74, 6) is -8.68. The molecule has 2 aromatic rings. The van der Waals surface area contributed by atoms with Crippen LogP contribution in [-0.4, -0.2) is 33.4 Å². The molecule has 2 aromatic carbocycles. The second-order valence-electron chi connectivity index (χ2n) is 5.82. The van der Waals surface area contributed by atoms with E-state index in [-0.39, 0.29) is 11.1 Å². The van der Waals surface area contributed by atoms with Crippen molar-refractivity contribution < 1.29 is 44.5 Å². The van der Waals surface area contributed by atoms with Crippen molar-refractivity contribution in [1.29, 1.82) is 0 Å². The zero-order chi connectivity index (χ0) is 21.8. The molecule has 0 aliphatic carbocycles. The molecule has 0 N–H and O–H groups in total. The normalized spacial score (nSPS) is 16.2. The van der Waals surface area contributed by atoms with E-state index in [0.29, 0.717) is 11.0 Å². The van der Waals surface area contributed by atoms with E-state index >= 15 is 0 Å². The van der Waals surface area contributed by atoms with Crippen LogP contribution in [0, 0.1) is 0 Å². The maximum atomic E-state index is 13.9. The van der Waals surface area contributed by atoms with Crippen LogP contribution >= 0.6 is 0 Å². The third kappa shape index (κ3) is 3.02. The highest BCUT2D eigenvalue weighted by atomic mass is 32.2. The number of hydrogen-bond acceptors (Lipinski definition) is 3. The number of hydrogen-bond donors (Lipinski definition) is 0. The maximum Gasteiger partial charge on any atom is 0.461 e. The Kier molecular flexibility index (Phi) is 4.80. The first-order chi connectivity index (χ1) is 13.3. The van der Waals surface area contributed by atoms with Gasteiger partial charge in [-0.1, -0.05) is 24.3 Å². The molecule has 1 heterocycles. The van der Waals surface area contributed by atoms with E-state index in [0.717, 1.165) is 18.2 Å². The second kappa shape index (κ2) is 6.65. The molecule has 3 rings (SSSR count). The number of fused-ring (bicyclic) bond motifs is 1. The monoisotopic (exact) mass is 439 g/mol. The van der Waals surface area contributed by atoms with Gasteiger partial charge in [-0.2, -0.15) is 30.7 Å². The summed E-state index contributed by atoms with van der Waals surface area (Å²) in [6.45, 7) is 0. The summed E-state index contributed by atoms with van der Waals surface area (Å²) in [6.07, 6.45) is -6.68. The van der Waals surface area contributed by atoms with Crippen molar-refractivity contribution in [1.82, 2.24) is 0 Å². The van der Waals surface area contributed by atoms with Crippen LogP contribution in [0.3, 0.4) is 0 Å². The molecule has 0 saturated carbocycles. The standard InChI is InChI=1S/C17H8F7NO3S/c18-15(19,16(20,21)22)17(23,24)29(28)12-8-4-3-7-11(12)25-13(26)9-5-1-2-6-10(9)14(25)27/h1-8H/t29-/m1/s1. The Bertz CT molecular complexity index is 1000. The van der Waals surface area contributed by atoms with Crippen LogP contribution in [0.15, 0.2) is 53.4 Å². The smallest absolute Gasteiger partial charge is 0.268 e. The molecule has 0 unspecified atom stereocenters. The van der Waals surface area contributed by atoms with E-state index in [1.165, 1.54) is 24.3 Å². The van der Waals surface area contributed by atoms with Crippen molar-refractivity contribution in [3.05, 3.63) is 59.7 Å². The van der Waals surface area contributed by atoms with Crippen LogP contribution in [0.4, 0.5) is 36.4 Å². The van der Waals surface area contributed by atoms with Crippen molar-refractivity contribution in [2.75, 3.05) is 4.90 Å². The Labute approximate surface area is 160 Å². The highest BCUT2D eigenvalue weighted by Gasteiger charge is 2.76. The Morgan fingerprint density at radius 3 is 1.66 bits per heavy atom. The Morgan fingerprint density at radius 2 is 1.17 bits per heavy atom. The predicted molar refractivity (Wildman–Crippen MR) is 86.4 cm³/mol. The molecule has 0 spiro atoms. The minimum atomic E-state index is -6.68. The Morgan fingerprint density at radius 1 is 0.724 bits per heavy atom. The third-order valence-corrected chi connectivity index (χ3v) is 5.52. The van der Waals surface area contributed by atoms with Gasteiger partial charge in [0.15, 0.2) is 0 Å². The predicted octanol–water partition coefficient (Wildman–Crippen LogP) is 4.39. The van der Waals surface area contributed by atoms with Crippen LogP contribution in [-0.2, 0) is 10.8 Å². The number of nitrogens with zero attached hydrogens (tertiary/aromatic N) is 1. The quantitative estimate of drug-likeness (QED) is 0.525. The van der Waals surface area contributed by atoms with Crippen LogP contribution in [0.25, 0.3) is 0 Å². The molecule has 0 aromatic heterocycles. The number of carbonyl (C=O) groups is 2. The topological polar surface area (TPSA) is 54.5 Å². The molecule has 1 aliphatic heterocycles. The van der Waals surface area contributed by atoms with Gasteiger partial charge in [0.05, 0.1) is 21.7 Å². The lowest BCUT2D eigenvalue weighted by molar-refractivity contribution is -0.331. The number of benzene rings is 2. The van der Waals surface area contributed by atoms with Crippen molar-refractivity contribution >= 4 is 28.3 Å². The first-order valence-electron chi connectivity index (χ1n) is 7.63. The number of para-hydroxylation sites is 1. The molecule has 1 atom stereocenters. The summed E-state index contributed by atoms with van der Waals surface area (Å²) in [7, 11) is -4.26. The summed E-state index contributed by atoms with van der Waals surface area (Å²) in [5, 5.41) is -6.07. The minimum Gasteiger partial charge on any atom is -0.268 e. The number of amides is 2. The molecule has 1 aliphatic rings. The van der Waals surface area contributed by atoms with Crippen molar-refractivity contribution in [3.8, 4) is 0 Å². The fourth-order valence-corrected chi connectivity index (χ4v) is 3.80. The van der Waals surface area contributed by atoms with Gasteiger partial charge in [0.25, 0.3) is 11.8 Å². The lowest BCUT2D eigenvalue weighted by atomic mass is 10.1. The number of rotatable bonds is 4. The molecule has 0 saturated heterocycles. The van der Waals surface area contributed by atoms with Crippen molar-refractivity contribution in [3.63, 3.8) is 0 Å². The molecule has 29 heavy (non-hydrogen) atoms. The summed E-state index contributed by atoms with van der Waals surface area (Å²) < 4.78 is 104. The summed E-state index contributed by atoms with van der Waals surface area (Å²) in [4.78, 5) is 24.0. The molecular weight excluding hydrogens is 431 g/mol. The van der Waals surface area contributed by atoms with Crippen LogP contribution in [0.2, 0.25) is 0 Å². The summed E-state index contributed by atoms with van der Waals surface area (Å²) in [6, 6.07) is 8.75. The SMILES string of the molecule is O=C1c2ccccc2C(=O)N1c1ccccc1[S@@](=O)C(F)(F)C(F)(F)C(F)(F)F. The van der Waals surface area contributed by atoms with Gasteiger partial charge < -0.3 is 0 Å². The van der Waals surface area contributed by atoms with E-state index < -0.39 is 50.6 Å². The van der Waals surface area contributed by atoms with Gasteiger partial charge in [0, 0.05) is 0 Å². The van der Waals surface area contributed by atoms with Crippen molar-refractivity contribution in [2.24, 2.45) is 0 Å².